The van der Waals surface area contributed by atoms with Crippen molar-refractivity contribution in [3.05, 3.63) is 46.7 Å². The second kappa shape index (κ2) is 4.59. The smallest absolute Gasteiger partial charge is 0.0660 e. The summed E-state index contributed by atoms with van der Waals surface area (Å²) < 4.78 is 2.96. The van der Waals surface area contributed by atoms with Gasteiger partial charge in [0.15, 0.2) is 0 Å². The van der Waals surface area contributed by atoms with Gasteiger partial charge >= 0.3 is 0 Å². The van der Waals surface area contributed by atoms with E-state index in [0.717, 1.165) is 22.3 Å². The highest BCUT2D eigenvalue weighted by atomic mass is 79.9. The molecule has 2 N–H and O–H groups in total. The number of aromatic nitrogens is 2. The van der Waals surface area contributed by atoms with Crippen LogP contribution < -0.4 is 5.73 Å². The molecular weight excluding hydrogens is 254 g/mol. The SMILES string of the molecule is NCCc1ccnn1-c1cccc(Br)c1. The molecule has 0 amide bonds. The van der Waals surface area contributed by atoms with Crippen LogP contribution in [0.15, 0.2) is 41.0 Å². The normalized spacial score (nSPS) is 10.5. The van der Waals surface area contributed by atoms with Crippen molar-refractivity contribution in [2.24, 2.45) is 5.73 Å². The van der Waals surface area contributed by atoms with Crippen LogP contribution in [0.5, 0.6) is 0 Å². The van der Waals surface area contributed by atoms with Crippen LogP contribution in [0.1, 0.15) is 5.69 Å². The Bertz CT molecular complexity index is 451. The molecular formula is C11H12BrN3. The molecule has 1 heterocycles. The van der Waals surface area contributed by atoms with Crippen molar-refractivity contribution in [1.82, 2.24) is 9.78 Å². The minimum Gasteiger partial charge on any atom is -0.330 e. The summed E-state index contributed by atoms with van der Waals surface area (Å²) in [7, 11) is 0. The van der Waals surface area contributed by atoms with Crippen molar-refractivity contribution in [1.29, 1.82) is 0 Å². The zero-order valence-corrected chi connectivity index (χ0v) is 9.81. The highest BCUT2D eigenvalue weighted by Crippen LogP contribution is 2.16. The van der Waals surface area contributed by atoms with Gasteiger partial charge in [-0.1, -0.05) is 22.0 Å². The van der Waals surface area contributed by atoms with E-state index in [1.807, 2.05) is 35.0 Å². The van der Waals surface area contributed by atoms with E-state index < -0.39 is 0 Å². The van der Waals surface area contributed by atoms with Gasteiger partial charge in [0.2, 0.25) is 0 Å². The molecule has 0 bridgehead atoms. The molecule has 4 heteroatoms. The maximum absolute atomic E-state index is 5.55. The molecule has 0 spiro atoms. The van der Waals surface area contributed by atoms with Crippen LogP contribution in [0.25, 0.3) is 5.69 Å². The van der Waals surface area contributed by atoms with Crippen molar-refractivity contribution < 1.29 is 0 Å². The third kappa shape index (κ3) is 2.27. The predicted molar refractivity (Wildman–Crippen MR) is 64.0 cm³/mol. The standard InChI is InChI=1S/C11H12BrN3/c12-9-2-1-3-11(8-9)15-10(4-6-13)5-7-14-15/h1-3,5,7-8H,4,6,13H2. The Hall–Kier alpha value is -1.13. The molecule has 0 aliphatic heterocycles. The van der Waals surface area contributed by atoms with Gasteiger partial charge in [0.05, 0.1) is 5.69 Å². The highest BCUT2D eigenvalue weighted by Gasteiger charge is 2.03. The number of nitrogens with two attached hydrogens (primary N) is 1. The van der Waals surface area contributed by atoms with E-state index in [1.54, 1.807) is 6.20 Å². The number of benzene rings is 1. The highest BCUT2D eigenvalue weighted by molar-refractivity contribution is 9.10. The van der Waals surface area contributed by atoms with E-state index in [2.05, 4.69) is 21.0 Å². The van der Waals surface area contributed by atoms with Gasteiger partial charge in [0, 0.05) is 22.8 Å². The zero-order valence-electron chi connectivity index (χ0n) is 8.23. The summed E-state index contributed by atoms with van der Waals surface area (Å²) in [5.74, 6) is 0. The van der Waals surface area contributed by atoms with Crippen LogP contribution in [0.3, 0.4) is 0 Å². The summed E-state index contributed by atoms with van der Waals surface area (Å²) in [5, 5.41) is 4.29. The van der Waals surface area contributed by atoms with Crippen LogP contribution in [-0.2, 0) is 6.42 Å². The molecule has 2 rings (SSSR count). The van der Waals surface area contributed by atoms with E-state index in [1.165, 1.54) is 0 Å². The number of halogens is 1. The lowest BCUT2D eigenvalue weighted by molar-refractivity contribution is 0.790. The molecule has 0 fully saturated rings. The molecule has 78 valence electrons. The lowest BCUT2D eigenvalue weighted by Crippen LogP contribution is -2.08. The molecule has 0 saturated carbocycles. The fourth-order valence-electron chi connectivity index (χ4n) is 1.51. The first-order valence-corrected chi connectivity index (χ1v) is 5.59. The molecule has 0 saturated heterocycles. The third-order valence-electron chi connectivity index (χ3n) is 2.17. The van der Waals surface area contributed by atoms with E-state index >= 15 is 0 Å². The molecule has 15 heavy (non-hydrogen) atoms. The Balaban J connectivity index is 2.40. The lowest BCUT2D eigenvalue weighted by Gasteiger charge is -2.06. The number of hydrogen-bond acceptors (Lipinski definition) is 2. The van der Waals surface area contributed by atoms with E-state index in [0.29, 0.717) is 6.54 Å². The number of rotatable bonds is 3. The van der Waals surface area contributed by atoms with Crippen molar-refractivity contribution in [2.45, 2.75) is 6.42 Å². The summed E-state index contributed by atoms with van der Waals surface area (Å²) in [6.07, 6.45) is 2.64. The van der Waals surface area contributed by atoms with Gasteiger partial charge in [-0.3, -0.25) is 0 Å². The Morgan fingerprint density at radius 1 is 1.33 bits per heavy atom. The largest absolute Gasteiger partial charge is 0.330 e. The Morgan fingerprint density at radius 2 is 2.20 bits per heavy atom. The average Bonchev–Trinajstić information content (AvgIpc) is 2.66. The van der Waals surface area contributed by atoms with Gasteiger partial charge in [0.25, 0.3) is 0 Å². The molecule has 2 aromatic rings. The van der Waals surface area contributed by atoms with E-state index in [4.69, 9.17) is 5.73 Å². The zero-order chi connectivity index (χ0) is 10.7. The van der Waals surface area contributed by atoms with Crippen LogP contribution in [0.2, 0.25) is 0 Å². The molecule has 3 nitrogen and oxygen atoms in total. The molecule has 0 aliphatic carbocycles. The molecule has 0 unspecified atom stereocenters. The van der Waals surface area contributed by atoms with Crippen molar-refractivity contribution in [2.75, 3.05) is 6.54 Å². The summed E-state index contributed by atoms with van der Waals surface area (Å²) in [5.41, 5.74) is 7.73. The van der Waals surface area contributed by atoms with E-state index in [-0.39, 0.29) is 0 Å². The van der Waals surface area contributed by atoms with Crippen LogP contribution in [-0.4, -0.2) is 16.3 Å². The topological polar surface area (TPSA) is 43.8 Å². The van der Waals surface area contributed by atoms with Gasteiger partial charge in [-0.2, -0.15) is 5.10 Å². The predicted octanol–water partition coefficient (Wildman–Crippen LogP) is 2.14. The first-order valence-electron chi connectivity index (χ1n) is 4.80. The summed E-state index contributed by atoms with van der Waals surface area (Å²) >= 11 is 3.45. The minimum atomic E-state index is 0.639. The number of nitrogens with zero attached hydrogens (tertiary/aromatic N) is 2. The number of hydrogen-bond donors (Lipinski definition) is 1. The van der Waals surface area contributed by atoms with Crippen molar-refractivity contribution >= 4 is 15.9 Å². The van der Waals surface area contributed by atoms with E-state index in [9.17, 15) is 0 Å². The fourth-order valence-corrected chi connectivity index (χ4v) is 1.90. The maximum Gasteiger partial charge on any atom is 0.0660 e. The Labute approximate surface area is 97.0 Å². The van der Waals surface area contributed by atoms with Gasteiger partial charge in [-0.05, 0) is 30.8 Å². The first-order chi connectivity index (χ1) is 7.31. The van der Waals surface area contributed by atoms with Crippen LogP contribution in [0.4, 0.5) is 0 Å². The monoisotopic (exact) mass is 265 g/mol. The lowest BCUT2D eigenvalue weighted by atomic mass is 10.3. The van der Waals surface area contributed by atoms with Crippen molar-refractivity contribution in [3.8, 4) is 5.69 Å². The molecule has 0 aliphatic rings. The first kappa shape index (κ1) is 10.4. The summed E-state index contributed by atoms with van der Waals surface area (Å²) in [6.45, 7) is 0.639. The minimum absolute atomic E-state index is 0.639. The summed E-state index contributed by atoms with van der Waals surface area (Å²) in [4.78, 5) is 0. The van der Waals surface area contributed by atoms with Gasteiger partial charge < -0.3 is 5.73 Å². The third-order valence-corrected chi connectivity index (χ3v) is 2.67. The second-order valence-electron chi connectivity index (χ2n) is 3.25. The molecule has 0 atom stereocenters. The van der Waals surface area contributed by atoms with Crippen LogP contribution in [0, 0.1) is 0 Å². The molecule has 0 radical (unpaired) electrons. The molecule has 1 aromatic heterocycles. The van der Waals surface area contributed by atoms with Crippen molar-refractivity contribution in [3.63, 3.8) is 0 Å². The molecule has 1 aromatic carbocycles. The van der Waals surface area contributed by atoms with Crippen LogP contribution >= 0.6 is 15.9 Å². The van der Waals surface area contributed by atoms with Gasteiger partial charge in [-0.25, -0.2) is 4.68 Å². The summed E-state index contributed by atoms with van der Waals surface area (Å²) in [6, 6.07) is 10.0. The maximum atomic E-state index is 5.55. The average molecular weight is 266 g/mol. The van der Waals surface area contributed by atoms with Gasteiger partial charge in [0.1, 0.15) is 0 Å². The quantitative estimate of drug-likeness (QED) is 0.924. The van der Waals surface area contributed by atoms with Gasteiger partial charge in [-0.15, -0.1) is 0 Å². The second-order valence-corrected chi connectivity index (χ2v) is 4.17. The fraction of sp³-hybridized carbons (Fsp3) is 0.182. The Morgan fingerprint density at radius 3 is 2.93 bits per heavy atom. The Kier molecular flexibility index (Phi) is 3.18.